The highest BCUT2D eigenvalue weighted by molar-refractivity contribution is 9.10. The van der Waals surface area contributed by atoms with Gasteiger partial charge >= 0.3 is 41.0 Å². The van der Waals surface area contributed by atoms with Crippen LogP contribution < -0.4 is 19.7 Å². The molecular formula is C47H55B3Br2Cl2F6N4O9. The third kappa shape index (κ3) is 18.5. The van der Waals surface area contributed by atoms with Crippen LogP contribution in [0, 0.1) is 0 Å². The van der Waals surface area contributed by atoms with Crippen LogP contribution >= 0.6 is 55.1 Å². The van der Waals surface area contributed by atoms with E-state index in [2.05, 4.69) is 66.0 Å². The summed E-state index contributed by atoms with van der Waals surface area (Å²) in [4.78, 5) is 15.0. The van der Waals surface area contributed by atoms with Gasteiger partial charge in [-0.3, -0.25) is 0 Å². The van der Waals surface area contributed by atoms with Crippen molar-refractivity contribution in [1.29, 1.82) is 0 Å². The summed E-state index contributed by atoms with van der Waals surface area (Å²) in [5.41, 5.74) is 0.0398. The molecule has 3 fully saturated rings. The number of hydrogen-bond donors (Lipinski definition) is 0. The second kappa shape index (κ2) is 25.9. The molecule has 26 heteroatoms. The average Bonchev–Trinajstić information content (AvgIpc) is 3.76. The minimum Gasteiger partial charge on any atom is -0.435 e. The minimum atomic E-state index is -2.82. The van der Waals surface area contributed by atoms with Crippen LogP contribution in [0.15, 0.2) is 107 Å². The standard InChI is InChI=1S/C13H17BF2O3.C12H24B2O4.C11H7ClF2N2O.C7H5BrF2O.C4H2BrClN2/c1-12(2)13(3,4)19-14(18-12)9-5-7-10(8-6-9)17-11(15)16;1-9(2)10(3,4)16-13(15-9)14-17-11(5,6)12(7,8)18-14;12-10-15-5-8(6-16-10)7-1-3-9(4-2-7)17-11(13)14;8-5-1-3-6(4-2-5)11-7(9)10;5-3-1-7-4(6)8-2-3/h5-8,11H,1-4H3;1-8H3;1-6,11H;1-4,7H;1-2H. The Hall–Kier alpha value is -3.71. The molecule has 0 amide bonds. The van der Waals surface area contributed by atoms with E-state index in [1.54, 1.807) is 61.2 Å². The Morgan fingerprint density at radius 2 is 0.699 bits per heavy atom. The Labute approximate surface area is 449 Å². The lowest BCUT2D eigenvalue weighted by atomic mass is 9.49. The maximum Gasteiger partial charge on any atom is 0.494 e. The summed E-state index contributed by atoms with van der Waals surface area (Å²) in [6.45, 7) is 15.7. The molecule has 0 radical (unpaired) electrons. The first-order chi connectivity index (χ1) is 33.7. The molecule has 3 aliphatic heterocycles. The van der Waals surface area contributed by atoms with Crippen LogP contribution in [0.1, 0.15) is 83.1 Å². The van der Waals surface area contributed by atoms with Gasteiger partial charge in [0.25, 0.3) is 0 Å². The van der Waals surface area contributed by atoms with E-state index < -0.39 is 52.2 Å². The Morgan fingerprint density at radius 1 is 0.411 bits per heavy atom. The normalized spacial score (nSPS) is 18.3. The van der Waals surface area contributed by atoms with E-state index in [1.807, 2.05) is 83.1 Å². The molecule has 396 valence electrons. The lowest BCUT2D eigenvalue weighted by Gasteiger charge is -2.32. The van der Waals surface area contributed by atoms with E-state index in [0.29, 0.717) is 0 Å². The fourth-order valence-corrected chi connectivity index (χ4v) is 6.65. The molecule has 5 heterocycles. The Bertz CT molecular complexity index is 2380. The van der Waals surface area contributed by atoms with Crippen molar-refractivity contribution >= 4 is 81.7 Å². The van der Waals surface area contributed by atoms with Gasteiger partial charge in [-0.25, -0.2) is 19.9 Å². The van der Waals surface area contributed by atoms with Crippen LogP contribution in [-0.4, -0.2) is 94.5 Å². The van der Waals surface area contributed by atoms with Crippen molar-refractivity contribution in [2.75, 3.05) is 0 Å². The second-order valence-electron chi connectivity index (χ2n) is 18.9. The summed E-state index contributed by atoms with van der Waals surface area (Å²) in [6.07, 6.45) is 6.29. The van der Waals surface area contributed by atoms with Gasteiger partial charge in [-0.15, -0.1) is 0 Å². The summed E-state index contributed by atoms with van der Waals surface area (Å²) < 4.78 is 121. The molecule has 8 rings (SSSR count). The number of ether oxygens (including phenoxy) is 3. The predicted octanol–water partition coefficient (Wildman–Crippen LogP) is 13.2. The molecule has 3 aromatic carbocycles. The molecule has 0 bridgehead atoms. The van der Waals surface area contributed by atoms with Gasteiger partial charge in [0.1, 0.15) is 17.2 Å². The van der Waals surface area contributed by atoms with Crippen LogP contribution in [-0.2, 0) is 27.9 Å². The highest BCUT2D eigenvalue weighted by Crippen LogP contribution is 2.43. The van der Waals surface area contributed by atoms with Gasteiger partial charge < -0.3 is 42.1 Å². The van der Waals surface area contributed by atoms with Crippen molar-refractivity contribution < 1.29 is 68.5 Å². The summed E-state index contributed by atoms with van der Waals surface area (Å²) in [6, 6.07) is 18.7. The number of halogens is 10. The predicted molar refractivity (Wildman–Crippen MR) is 276 cm³/mol. The Balaban J connectivity index is 0.000000203. The molecule has 0 spiro atoms. The van der Waals surface area contributed by atoms with Gasteiger partial charge in [-0.05, 0) is 182 Å². The largest absolute Gasteiger partial charge is 0.494 e. The topological polar surface area (TPSA) is 135 Å². The summed E-state index contributed by atoms with van der Waals surface area (Å²) in [5.74, 6) is 0.400. The van der Waals surface area contributed by atoms with Crippen LogP contribution in [0.25, 0.3) is 11.1 Å². The summed E-state index contributed by atoms with van der Waals surface area (Å²) in [7, 11) is -1.45. The first-order valence-corrected chi connectivity index (χ1v) is 24.5. The molecular weight excluding hydrogens is 1140 g/mol. The number of benzene rings is 3. The van der Waals surface area contributed by atoms with E-state index >= 15 is 0 Å². The van der Waals surface area contributed by atoms with Crippen LogP contribution in [0.2, 0.25) is 10.6 Å². The highest BCUT2D eigenvalue weighted by atomic mass is 79.9. The SMILES string of the molecule is CC1(C)OB(B2OC(C)(C)C(C)(C)O2)OC1(C)C.CC1(C)OB(c2ccc(OC(F)F)cc2)OC1(C)C.Clc1ncc(Br)cn1.FC(F)Oc1ccc(-c2cnc(Cl)nc2)cc1.FC(F)Oc1ccc(Br)cc1. The zero-order valence-corrected chi connectivity index (χ0v) is 46.6. The van der Waals surface area contributed by atoms with Gasteiger partial charge in [0.15, 0.2) is 0 Å². The molecule has 0 atom stereocenters. The van der Waals surface area contributed by atoms with Gasteiger partial charge in [0, 0.05) is 34.8 Å². The molecule has 0 aliphatic carbocycles. The van der Waals surface area contributed by atoms with E-state index in [0.717, 1.165) is 25.5 Å². The molecule has 73 heavy (non-hydrogen) atoms. The van der Waals surface area contributed by atoms with Gasteiger partial charge in [0.2, 0.25) is 10.6 Å². The van der Waals surface area contributed by atoms with Gasteiger partial charge in [0.05, 0.1) is 38.1 Å². The third-order valence-electron chi connectivity index (χ3n) is 12.1. The zero-order chi connectivity index (χ0) is 54.7. The fourth-order valence-electron chi connectivity index (χ4n) is 5.99. The van der Waals surface area contributed by atoms with Crippen LogP contribution in [0.4, 0.5) is 26.3 Å². The third-order valence-corrected chi connectivity index (χ3v) is 13.4. The molecule has 2 aromatic heterocycles. The summed E-state index contributed by atoms with van der Waals surface area (Å²) >= 11 is 17.3. The molecule has 13 nitrogen and oxygen atoms in total. The Morgan fingerprint density at radius 3 is 1.01 bits per heavy atom. The van der Waals surface area contributed by atoms with Crippen molar-refractivity contribution in [3.05, 3.63) is 117 Å². The van der Waals surface area contributed by atoms with Crippen molar-refractivity contribution in [1.82, 2.24) is 19.9 Å². The van der Waals surface area contributed by atoms with Crippen LogP contribution in [0.3, 0.4) is 0 Å². The molecule has 0 N–H and O–H groups in total. The van der Waals surface area contributed by atoms with Crippen molar-refractivity contribution in [3.8, 4) is 28.4 Å². The zero-order valence-electron chi connectivity index (χ0n) is 41.9. The lowest BCUT2D eigenvalue weighted by molar-refractivity contribution is -0.0505. The molecule has 5 aromatic rings. The number of aromatic nitrogens is 4. The number of nitrogens with zero attached hydrogens (tertiary/aromatic N) is 4. The van der Waals surface area contributed by atoms with E-state index in [1.165, 1.54) is 36.4 Å². The lowest BCUT2D eigenvalue weighted by Crippen LogP contribution is -2.41. The molecule has 0 saturated carbocycles. The highest BCUT2D eigenvalue weighted by Gasteiger charge is 2.63. The van der Waals surface area contributed by atoms with Crippen molar-refractivity contribution in [2.45, 2.75) is 137 Å². The summed E-state index contributed by atoms with van der Waals surface area (Å²) in [5, 5.41) is 0.430. The van der Waals surface area contributed by atoms with Crippen molar-refractivity contribution in [3.63, 3.8) is 0 Å². The second-order valence-corrected chi connectivity index (χ2v) is 21.4. The maximum absolute atomic E-state index is 12.1. The number of hydrogen-bond acceptors (Lipinski definition) is 13. The monoisotopic (exact) mass is 1190 g/mol. The quantitative estimate of drug-likeness (QED) is 0.0788. The number of alkyl halides is 6. The average molecular weight is 1200 g/mol. The number of rotatable bonds is 9. The van der Waals surface area contributed by atoms with Crippen LogP contribution in [0.5, 0.6) is 17.2 Å². The first kappa shape index (κ1) is 61.8. The van der Waals surface area contributed by atoms with Gasteiger partial charge in [-0.2, -0.15) is 26.3 Å². The van der Waals surface area contributed by atoms with Crippen molar-refractivity contribution in [2.24, 2.45) is 0 Å². The van der Waals surface area contributed by atoms with Gasteiger partial charge in [-0.1, -0.05) is 40.2 Å². The minimum absolute atomic E-state index is 0.110. The molecule has 0 unspecified atom stereocenters. The van der Waals surface area contributed by atoms with E-state index in [9.17, 15) is 26.3 Å². The van der Waals surface area contributed by atoms with E-state index in [-0.39, 0.29) is 50.2 Å². The smallest absolute Gasteiger partial charge is 0.435 e. The molecule has 3 saturated heterocycles. The maximum atomic E-state index is 12.1. The molecule has 3 aliphatic rings. The fraction of sp³-hybridized carbons (Fsp3) is 0.447. The van der Waals surface area contributed by atoms with E-state index in [4.69, 9.17) is 51.1 Å². The first-order valence-electron chi connectivity index (χ1n) is 22.2. The Kier molecular flexibility index (Phi) is 21.9.